The van der Waals surface area contributed by atoms with E-state index in [2.05, 4.69) is 43.4 Å². The van der Waals surface area contributed by atoms with E-state index in [0.717, 1.165) is 19.4 Å². The fraction of sp³-hybridized carbons (Fsp3) is 0.650. The lowest BCUT2D eigenvalue weighted by molar-refractivity contribution is 0.0258. The number of carbonyl (C=O) groups is 1. The Morgan fingerprint density at radius 3 is 2.33 bits per heavy atom. The van der Waals surface area contributed by atoms with Crippen molar-refractivity contribution in [2.75, 3.05) is 19.6 Å². The fourth-order valence-corrected chi connectivity index (χ4v) is 2.45. The molecule has 0 radical (unpaired) electrons. The molecular formula is C20H34N2O2. The monoisotopic (exact) mass is 334 g/mol. The van der Waals surface area contributed by atoms with Gasteiger partial charge in [-0.1, -0.05) is 31.2 Å². The fourth-order valence-electron chi connectivity index (χ4n) is 2.45. The van der Waals surface area contributed by atoms with Crippen molar-refractivity contribution in [3.05, 3.63) is 35.4 Å². The minimum Gasteiger partial charge on any atom is -0.444 e. The number of hydrogen-bond acceptors (Lipinski definition) is 3. The zero-order chi connectivity index (χ0) is 18.2. The largest absolute Gasteiger partial charge is 0.444 e. The third kappa shape index (κ3) is 7.35. The molecule has 0 heterocycles. The molecule has 0 spiro atoms. The van der Waals surface area contributed by atoms with E-state index >= 15 is 0 Å². The van der Waals surface area contributed by atoms with Crippen molar-refractivity contribution in [1.29, 1.82) is 0 Å². The molecule has 24 heavy (non-hydrogen) atoms. The number of amides is 1. The minimum atomic E-state index is -0.443. The molecule has 1 rings (SSSR count). The van der Waals surface area contributed by atoms with Crippen LogP contribution in [0.1, 0.15) is 65.1 Å². The van der Waals surface area contributed by atoms with E-state index in [1.54, 1.807) is 4.90 Å². The minimum absolute atomic E-state index is 0.229. The van der Waals surface area contributed by atoms with Crippen LogP contribution in [-0.4, -0.2) is 36.2 Å². The van der Waals surface area contributed by atoms with Crippen LogP contribution >= 0.6 is 0 Å². The number of carbonyl (C=O) groups excluding carboxylic acids is 1. The summed E-state index contributed by atoms with van der Waals surface area (Å²) in [6.45, 7) is 14.3. The number of nitrogens with zero attached hydrogens (tertiary/aromatic N) is 1. The Bertz CT molecular complexity index is 491. The van der Waals surface area contributed by atoms with E-state index in [0.29, 0.717) is 19.1 Å². The van der Waals surface area contributed by atoms with Gasteiger partial charge in [-0.3, -0.25) is 0 Å². The molecule has 0 fully saturated rings. The van der Waals surface area contributed by atoms with E-state index in [1.165, 1.54) is 11.1 Å². The first-order valence-electron chi connectivity index (χ1n) is 9.07. The maximum atomic E-state index is 12.1. The Balaban J connectivity index is 2.36. The molecule has 0 aliphatic rings. The smallest absolute Gasteiger partial charge is 0.410 e. The quantitative estimate of drug-likeness (QED) is 0.709. The van der Waals surface area contributed by atoms with Crippen LogP contribution in [-0.2, 0) is 11.2 Å². The van der Waals surface area contributed by atoms with Crippen molar-refractivity contribution >= 4 is 6.09 Å². The highest BCUT2D eigenvalue weighted by molar-refractivity contribution is 5.68. The summed E-state index contributed by atoms with van der Waals surface area (Å²) in [5.74, 6) is 0. The van der Waals surface area contributed by atoms with Crippen LogP contribution in [0.2, 0.25) is 0 Å². The first kappa shape index (κ1) is 20.5. The van der Waals surface area contributed by atoms with Crippen LogP contribution in [0.4, 0.5) is 4.79 Å². The molecule has 0 saturated carbocycles. The Morgan fingerprint density at radius 1 is 1.21 bits per heavy atom. The van der Waals surface area contributed by atoms with Gasteiger partial charge in [0.15, 0.2) is 0 Å². The van der Waals surface area contributed by atoms with E-state index in [9.17, 15) is 4.79 Å². The summed E-state index contributed by atoms with van der Waals surface area (Å²) in [6, 6.07) is 9.07. The topological polar surface area (TPSA) is 41.6 Å². The number of hydrogen-bond donors (Lipinski definition) is 1. The molecule has 0 aromatic heterocycles. The normalized spacial score (nSPS) is 12.8. The van der Waals surface area contributed by atoms with Crippen molar-refractivity contribution < 1.29 is 9.53 Å². The standard InChI is InChI=1S/C20H34N2O2/c1-7-17-10-12-18(13-11-17)16(3)21-14-9-15-22(8-2)19(23)24-20(4,5)6/h10-13,16,21H,7-9,14-15H2,1-6H3. The van der Waals surface area contributed by atoms with E-state index in [4.69, 9.17) is 4.74 Å². The zero-order valence-corrected chi connectivity index (χ0v) is 16.2. The Kier molecular flexibility index (Phi) is 8.26. The molecule has 136 valence electrons. The molecule has 1 unspecified atom stereocenters. The molecule has 0 saturated heterocycles. The zero-order valence-electron chi connectivity index (χ0n) is 16.2. The molecule has 4 heteroatoms. The van der Waals surface area contributed by atoms with Crippen molar-refractivity contribution in [2.45, 2.75) is 66.0 Å². The first-order chi connectivity index (χ1) is 11.3. The highest BCUT2D eigenvalue weighted by Crippen LogP contribution is 2.14. The summed E-state index contributed by atoms with van der Waals surface area (Å²) in [6.07, 6.45) is 1.75. The van der Waals surface area contributed by atoms with Crippen LogP contribution in [0.3, 0.4) is 0 Å². The Labute approximate surface area is 147 Å². The van der Waals surface area contributed by atoms with Gasteiger partial charge in [-0.15, -0.1) is 0 Å². The molecule has 1 N–H and O–H groups in total. The lowest BCUT2D eigenvalue weighted by Crippen LogP contribution is -2.38. The van der Waals surface area contributed by atoms with E-state index < -0.39 is 5.60 Å². The second-order valence-corrected chi connectivity index (χ2v) is 7.18. The number of rotatable bonds is 8. The number of aryl methyl sites for hydroxylation is 1. The molecule has 0 bridgehead atoms. The third-order valence-electron chi connectivity index (χ3n) is 3.98. The van der Waals surface area contributed by atoms with Crippen LogP contribution in [0.25, 0.3) is 0 Å². The van der Waals surface area contributed by atoms with Crippen LogP contribution in [0, 0.1) is 0 Å². The second-order valence-electron chi connectivity index (χ2n) is 7.18. The van der Waals surface area contributed by atoms with Gasteiger partial charge in [-0.25, -0.2) is 4.79 Å². The molecule has 1 atom stereocenters. The Morgan fingerprint density at radius 2 is 1.83 bits per heavy atom. The van der Waals surface area contributed by atoms with Crippen LogP contribution in [0.15, 0.2) is 24.3 Å². The Hall–Kier alpha value is -1.55. The van der Waals surface area contributed by atoms with Gasteiger partial charge in [0.1, 0.15) is 5.60 Å². The number of nitrogens with one attached hydrogen (secondary N) is 1. The molecule has 0 aliphatic heterocycles. The summed E-state index contributed by atoms with van der Waals surface area (Å²) in [4.78, 5) is 13.8. The van der Waals surface area contributed by atoms with Crippen molar-refractivity contribution in [3.63, 3.8) is 0 Å². The SMILES string of the molecule is CCc1ccc(C(C)NCCCN(CC)C(=O)OC(C)(C)C)cc1. The molecule has 4 nitrogen and oxygen atoms in total. The van der Waals surface area contributed by atoms with E-state index in [1.807, 2.05) is 27.7 Å². The lowest BCUT2D eigenvalue weighted by atomic mass is 10.0. The maximum Gasteiger partial charge on any atom is 0.410 e. The second kappa shape index (κ2) is 9.67. The van der Waals surface area contributed by atoms with Gasteiger partial charge < -0.3 is 15.0 Å². The van der Waals surface area contributed by atoms with Gasteiger partial charge in [-0.2, -0.15) is 0 Å². The highest BCUT2D eigenvalue weighted by atomic mass is 16.6. The average molecular weight is 335 g/mol. The summed E-state index contributed by atoms with van der Waals surface area (Å²) in [5.41, 5.74) is 2.22. The van der Waals surface area contributed by atoms with Gasteiger partial charge in [0.2, 0.25) is 0 Å². The molecule has 1 aromatic rings. The summed E-state index contributed by atoms with van der Waals surface area (Å²) >= 11 is 0. The van der Waals surface area contributed by atoms with Gasteiger partial charge >= 0.3 is 6.09 Å². The highest BCUT2D eigenvalue weighted by Gasteiger charge is 2.20. The number of ether oxygens (including phenoxy) is 1. The third-order valence-corrected chi connectivity index (χ3v) is 3.98. The van der Waals surface area contributed by atoms with Gasteiger partial charge in [0.05, 0.1) is 0 Å². The molecule has 1 amide bonds. The van der Waals surface area contributed by atoms with Crippen molar-refractivity contribution in [2.24, 2.45) is 0 Å². The molecule has 1 aromatic carbocycles. The van der Waals surface area contributed by atoms with E-state index in [-0.39, 0.29) is 6.09 Å². The molecule has 0 aliphatic carbocycles. The van der Waals surface area contributed by atoms with Crippen molar-refractivity contribution in [3.8, 4) is 0 Å². The summed E-state index contributed by atoms with van der Waals surface area (Å²) < 4.78 is 5.43. The summed E-state index contributed by atoms with van der Waals surface area (Å²) in [5, 5.41) is 3.52. The predicted molar refractivity (Wildman–Crippen MR) is 100 cm³/mol. The summed E-state index contributed by atoms with van der Waals surface area (Å²) in [7, 11) is 0. The van der Waals surface area contributed by atoms with Gasteiger partial charge in [-0.05, 0) is 65.1 Å². The molecular weight excluding hydrogens is 300 g/mol. The maximum absolute atomic E-state index is 12.1. The number of benzene rings is 1. The predicted octanol–water partition coefficient (Wildman–Crippen LogP) is 4.55. The van der Waals surface area contributed by atoms with Gasteiger partial charge in [0, 0.05) is 19.1 Å². The van der Waals surface area contributed by atoms with Gasteiger partial charge in [0.25, 0.3) is 0 Å². The van der Waals surface area contributed by atoms with Crippen LogP contribution < -0.4 is 5.32 Å². The first-order valence-corrected chi connectivity index (χ1v) is 9.07. The van der Waals surface area contributed by atoms with Crippen molar-refractivity contribution in [1.82, 2.24) is 10.2 Å². The van der Waals surface area contributed by atoms with Crippen LogP contribution in [0.5, 0.6) is 0 Å². The lowest BCUT2D eigenvalue weighted by Gasteiger charge is -2.26. The average Bonchev–Trinajstić information content (AvgIpc) is 2.53.